The number of amides is 1. The van der Waals surface area contributed by atoms with E-state index in [1.807, 2.05) is 4.90 Å². The molecule has 0 rings (SSSR count). The van der Waals surface area contributed by atoms with Crippen molar-refractivity contribution < 1.29 is 4.79 Å². The van der Waals surface area contributed by atoms with Gasteiger partial charge in [0.05, 0.1) is 0 Å². The van der Waals surface area contributed by atoms with Crippen LogP contribution in [0.1, 0.15) is 53.9 Å². The molecule has 0 bridgehead atoms. The third-order valence-electron chi connectivity index (χ3n) is 3.07. The van der Waals surface area contributed by atoms with Gasteiger partial charge in [0.15, 0.2) is 0 Å². The Kier molecular flexibility index (Phi) is 7.45. The molecular formula is C13H27NO. The molecule has 0 radical (unpaired) electrons. The smallest absolute Gasteiger partial charge is 0.225 e. The van der Waals surface area contributed by atoms with Gasteiger partial charge in [0.2, 0.25) is 5.91 Å². The summed E-state index contributed by atoms with van der Waals surface area (Å²) in [5.74, 6) is 1.04. The molecule has 0 aromatic heterocycles. The molecule has 15 heavy (non-hydrogen) atoms. The lowest BCUT2D eigenvalue weighted by molar-refractivity contribution is -0.136. The lowest BCUT2D eigenvalue weighted by atomic mass is 9.89. The number of carbonyl (C=O) groups excluding carboxylic acids is 1. The molecule has 0 N–H and O–H groups in total. The van der Waals surface area contributed by atoms with Crippen LogP contribution in [0.5, 0.6) is 0 Å². The van der Waals surface area contributed by atoms with Gasteiger partial charge in [-0.15, -0.1) is 0 Å². The summed E-state index contributed by atoms with van der Waals surface area (Å²) in [5.41, 5.74) is 0. The summed E-state index contributed by atoms with van der Waals surface area (Å²) in [6.45, 7) is 12.3. The fourth-order valence-electron chi connectivity index (χ4n) is 1.94. The van der Waals surface area contributed by atoms with Crippen molar-refractivity contribution in [2.45, 2.75) is 53.9 Å². The highest BCUT2D eigenvalue weighted by Crippen LogP contribution is 2.20. The zero-order chi connectivity index (χ0) is 11.8. The van der Waals surface area contributed by atoms with Crippen molar-refractivity contribution in [3.63, 3.8) is 0 Å². The van der Waals surface area contributed by atoms with Crippen LogP contribution in [0.25, 0.3) is 0 Å². The third kappa shape index (κ3) is 4.67. The van der Waals surface area contributed by atoms with Crippen molar-refractivity contribution >= 4 is 5.91 Å². The topological polar surface area (TPSA) is 20.3 Å². The van der Waals surface area contributed by atoms with Crippen LogP contribution in [0, 0.1) is 11.8 Å². The summed E-state index contributed by atoms with van der Waals surface area (Å²) >= 11 is 0. The molecular weight excluding hydrogens is 186 g/mol. The summed E-state index contributed by atoms with van der Waals surface area (Å²) in [6, 6.07) is 0. The van der Waals surface area contributed by atoms with E-state index in [2.05, 4.69) is 34.6 Å². The Balaban J connectivity index is 4.39. The first-order valence-corrected chi connectivity index (χ1v) is 6.37. The van der Waals surface area contributed by atoms with Gasteiger partial charge in [0, 0.05) is 19.0 Å². The van der Waals surface area contributed by atoms with Gasteiger partial charge in [0.25, 0.3) is 0 Å². The maximum absolute atomic E-state index is 12.2. The molecule has 0 heterocycles. The monoisotopic (exact) mass is 213 g/mol. The number of unbranched alkanes of at least 4 members (excludes halogenated alkanes) is 1. The van der Waals surface area contributed by atoms with Gasteiger partial charge in [0.1, 0.15) is 0 Å². The van der Waals surface area contributed by atoms with Gasteiger partial charge < -0.3 is 4.90 Å². The van der Waals surface area contributed by atoms with E-state index in [1.54, 1.807) is 0 Å². The van der Waals surface area contributed by atoms with Crippen LogP contribution in [0.4, 0.5) is 0 Å². The normalized spacial score (nSPS) is 12.9. The Hall–Kier alpha value is -0.530. The average Bonchev–Trinajstić information content (AvgIpc) is 2.19. The van der Waals surface area contributed by atoms with Crippen LogP contribution in [0.2, 0.25) is 0 Å². The van der Waals surface area contributed by atoms with Crippen molar-refractivity contribution in [2.75, 3.05) is 13.1 Å². The zero-order valence-corrected chi connectivity index (χ0v) is 11.0. The average molecular weight is 213 g/mol. The largest absolute Gasteiger partial charge is 0.343 e. The minimum Gasteiger partial charge on any atom is -0.343 e. The van der Waals surface area contributed by atoms with Crippen molar-refractivity contribution in [2.24, 2.45) is 11.8 Å². The minimum atomic E-state index is 0.227. The molecule has 90 valence electrons. The number of carbonyl (C=O) groups is 1. The molecule has 0 fully saturated rings. The van der Waals surface area contributed by atoms with Crippen molar-refractivity contribution in [3.05, 3.63) is 0 Å². The second-order valence-electron chi connectivity index (χ2n) is 4.50. The Morgan fingerprint density at radius 2 is 1.67 bits per heavy atom. The fourth-order valence-corrected chi connectivity index (χ4v) is 1.94. The summed E-state index contributed by atoms with van der Waals surface area (Å²) in [4.78, 5) is 14.1. The van der Waals surface area contributed by atoms with Crippen molar-refractivity contribution in [1.29, 1.82) is 0 Å². The van der Waals surface area contributed by atoms with Crippen molar-refractivity contribution in [3.8, 4) is 0 Å². The number of nitrogens with zero attached hydrogens (tertiary/aromatic N) is 1. The molecule has 0 aromatic carbocycles. The summed E-state index contributed by atoms with van der Waals surface area (Å²) < 4.78 is 0. The van der Waals surface area contributed by atoms with Crippen molar-refractivity contribution in [1.82, 2.24) is 4.90 Å². The van der Waals surface area contributed by atoms with Gasteiger partial charge in [-0.2, -0.15) is 0 Å². The molecule has 0 saturated heterocycles. The molecule has 0 aliphatic carbocycles. The molecule has 2 heteroatoms. The van der Waals surface area contributed by atoms with Gasteiger partial charge in [-0.1, -0.05) is 33.6 Å². The Bertz CT molecular complexity index is 173. The quantitative estimate of drug-likeness (QED) is 0.635. The zero-order valence-electron chi connectivity index (χ0n) is 11.0. The maximum atomic E-state index is 12.2. The summed E-state index contributed by atoms with van der Waals surface area (Å²) in [6.07, 6.45) is 3.38. The highest BCUT2D eigenvalue weighted by molar-refractivity contribution is 5.79. The molecule has 0 aliphatic heterocycles. The third-order valence-corrected chi connectivity index (χ3v) is 3.07. The van der Waals surface area contributed by atoms with E-state index in [0.29, 0.717) is 11.8 Å². The van der Waals surface area contributed by atoms with E-state index >= 15 is 0 Å². The van der Waals surface area contributed by atoms with E-state index < -0.39 is 0 Å². The first-order chi connectivity index (χ1) is 7.08. The minimum absolute atomic E-state index is 0.227. The summed E-state index contributed by atoms with van der Waals surface area (Å²) in [5, 5.41) is 0. The fraction of sp³-hybridized carbons (Fsp3) is 0.923. The van der Waals surface area contributed by atoms with E-state index in [1.165, 1.54) is 6.42 Å². The van der Waals surface area contributed by atoms with Gasteiger partial charge in [-0.3, -0.25) is 4.79 Å². The van der Waals surface area contributed by atoms with Crippen LogP contribution in [0.15, 0.2) is 0 Å². The number of hydrogen-bond donors (Lipinski definition) is 0. The van der Waals surface area contributed by atoms with E-state index in [0.717, 1.165) is 25.9 Å². The van der Waals surface area contributed by atoms with E-state index in [9.17, 15) is 4.79 Å². The van der Waals surface area contributed by atoms with Crippen LogP contribution in [-0.2, 0) is 4.79 Å². The van der Waals surface area contributed by atoms with E-state index in [-0.39, 0.29) is 5.92 Å². The molecule has 0 aliphatic rings. The van der Waals surface area contributed by atoms with Crippen LogP contribution < -0.4 is 0 Å². The van der Waals surface area contributed by atoms with E-state index in [4.69, 9.17) is 0 Å². The lowest BCUT2D eigenvalue weighted by Gasteiger charge is -2.27. The molecule has 1 atom stereocenters. The standard InChI is InChI=1S/C13H27NO/c1-6-9-10-12(11(4)5)13(15)14(7-2)8-3/h11-12H,6-10H2,1-5H3. The maximum Gasteiger partial charge on any atom is 0.225 e. The van der Waals surface area contributed by atoms with Crippen LogP contribution in [0.3, 0.4) is 0 Å². The van der Waals surface area contributed by atoms with Crippen LogP contribution >= 0.6 is 0 Å². The second kappa shape index (κ2) is 7.72. The highest BCUT2D eigenvalue weighted by atomic mass is 16.2. The Morgan fingerprint density at radius 3 is 2.00 bits per heavy atom. The predicted octanol–water partition coefficient (Wildman–Crippen LogP) is 3.32. The molecule has 1 unspecified atom stereocenters. The SMILES string of the molecule is CCCCC(C(=O)N(CC)CC)C(C)C. The molecule has 0 saturated carbocycles. The highest BCUT2D eigenvalue weighted by Gasteiger charge is 2.24. The lowest BCUT2D eigenvalue weighted by Crippen LogP contribution is -2.37. The first-order valence-electron chi connectivity index (χ1n) is 6.37. The second-order valence-corrected chi connectivity index (χ2v) is 4.50. The number of hydrogen-bond acceptors (Lipinski definition) is 1. The molecule has 0 spiro atoms. The first kappa shape index (κ1) is 14.5. The van der Waals surface area contributed by atoms with Gasteiger partial charge in [-0.25, -0.2) is 0 Å². The van der Waals surface area contributed by atoms with Gasteiger partial charge in [-0.05, 0) is 26.2 Å². The summed E-state index contributed by atoms with van der Waals surface area (Å²) in [7, 11) is 0. The van der Waals surface area contributed by atoms with Crippen LogP contribution in [-0.4, -0.2) is 23.9 Å². The number of rotatable bonds is 7. The molecule has 2 nitrogen and oxygen atoms in total. The predicted molar refractivity (Wildman–Crippen MR) is 65.8 cm³/mol. The Morgan fingerprint density at radius 1 is 1.13 bits per heavy atom. The van der Waals surface area contributed by atoms with Gasteiger partial charge >= 0.3 is 0 Å². The Labute approximate surface area is 95.0 Å². The molecule has 1 amide bonds. The molecule has 0 aromatic rings.